The molecule has 134 valence electrons. The zero-order valence-electron chi connectivity index (χ0n) is 14.7. The number of aromatic amines is 1. The molecule has 0 aliphatic heterocycles. The molecule has 3 N–H and O–H groups in total. The Morgan fingerprint density at radius 1 is 1.33 bits per heavy atom. The molecule has 1 saturated carbocycles. The summed E-state index contributed by atoms with van der Waals surface area (Å²) >= 11 is 0. The zero-order chi connectivity index (χ0) is 17.6. The monoisotopic (exact) mass is 336 g/mol. The highest BCUT2D eigenvalue weighted by Gasteiger charge is 2.27. The van der Waals surface area contributed by atoms with Crippen molar-refractivity contribution in [3.8, 4) is 0 Å². The van der Waals surface area contributed by atoms with Crippen LogP contribution < -0.4 is 10.6 Å². The molecule has 1 fully saturated rings. The van der Waals surface area contributed by atoms with Crippen LogP contribution in [0.5, 0.6) is 0 Å². The summed E-state index contributed by atoms with van der Waals surface area (Å²) in [6, 6.07) is 1.29. The van der Waals surface area contributed by atoms with Crippen LogP contribution in [-0.2, 0) is 16.0 Å². The third-order valence-electron chi connectivity index (χ3n) is 3.94. The number of nitrogens with zero attached hydrogens (tertiary/aromatic N) is 1. The van der Waals surface area contributed by atoms with Crippen LogP contribution in [0.15, 0.2) is 12.3 Å². The van der Waals surface area contributed by atoms with Gasteiger partial charge in [-0.25, -0.2) is 4.79 Å². The predicted molar refractivity (Wildman–Crippen MR) is 90.5 cm³/mol. The summed E-state index contributed by atoms with van der Waals surface area (Å²) in [4.78, 5) is 24.7. The molecule has 0 saturated heterocycles. The van der Waals surface area contributed by atoms with Crippen molar-refractivity contribution in [2.75, 3.05) is 0 Å². The summed E-state index contributed by atoms with van der Waals surface area (Å²) in [6.07, 6.45) is 6.86. The molecule has 24 heavy (non-hydrogen) atoms. The molecule has 1 aromatic heterocycles. The van der Waals surface area contributed by atoms with Crippen LogP contribution in [0.3, 0.4) is 0 Å². The first-order chi connectivity index (χ1) is 11.3. The summed E-state index contributed by atoms with van der Waals surface area (Å²) in [5, 5.41) is 12.4. The van der Waals surface area contributed by atoms with E-state index in [1.165, 1.54) is 6.42 Å². The summed E-state index contributed by atoms with van der Waals surface area (Å²) in [6.45, 7) is 5.37. The zero-order valence-corrected chi connectivity index (χ0v) is 14.7. The Balaban J connectivity index is 1.98. The maximum absolute atomic E-state index is 12.6. The van der Waals surface area contributed by atoms with E-state index in [0.29, 0.717) is 6.42 Å². The molecule has 0 radical (unpaired) electrons. The van der Waals surface area contributed by atoms with Crippen molar-refractivity contribution in [3.63, 3.8) is 0 Å². The van der Waals surface area contributed by atoms with Gasteiger partial charge < -0.3 is 15.4 Å². The van der Waals surface area contributed by atoms with E-state index in [2.05, 4.69) is 20.8 Å². The van der Waals surface area contributed by atoms with Gasteiger partial charge in [0.05, 0.1) is 0 Å². The van der Waals surface area contributed by atoms with Gasteiger partial charge in [-0.05, 0) is 39.7 Å². The maximum atomic E-state index is 12.6. The molecule has 1 aliphatic carbocycles. The van der Waals surface area contributed by atoms with Gasteiger partial charge in [0.15, 0.2) is 0 Å². The van der Waals surface area contributed by atoms with Gasteiger partial charge in [-0.2, -0.15) is 5.10 Å². The Kier molecular flexibility index (Phi) is 6.23. The first kappa shape index (κ1) is 18.3. The minimum atomic E-state index is -0.692. The Morgan fingerprint density at radius 2 is 2.04 bits per heavy atom. The summed E-state index contributed by atoms with van der Waals surface area (Å²) in [5.74, 6) is -0.178. The van der Waals surface area contributed by atoms with Crippen molar-refractivity contribution in [3.05, 3.63) is 18.0 Å². The normalized spacial score (nSPS) is 17.1. The number of hydrogen-bond acceptors (Lipinski definition) is 4. The van der Waals surface area contributed by atoms with Gasteiger partial charge in [0.25, 0.3) is 0 Å². The number of ether oxygens (including phenoxy) is 1. The molecule has 7 nitrogen and oxygen atoms in total. The number of nitrogens with one attached hydrogen (secondary N) is 3. The van der Waals surface area contributed by atoms with Gasteiger partial charge in [0.2, 0.25) is 5.91 Å². The van der Waals surface area contributed by atoms with Crippen molar-refractivity contribution in [2.45, 2.75) is 77.0 Å². The standard InChI is InChI=1S/C17H28N4O3/c1-17(2,3)24-16(23)20-14(11-13-9-10-18-21-13)15(22)19-12-7-5-4-6-8-12/h9-10,12,14H,4-8,11H2,1-3H3,(H,18,21)(H,19,22)(H,20,23). The van der Waals surface area contributed by atoms with Gasteiger partial charge >= 0.3 is 6.09 Å². The molecule has 1 aromatic rings. The average molecular weight is 336 g/mol. The fourth-order valence-corrected chi connectivity index (χ4v) is 2.83. The van der Waals surface area contributed by atoms with Gasteiger partial charge in [0.1, 0.15) is 11.6 Å². The fourth-order valence-electron chi connectivity index (χ4n) is 2.83. The molecule has 1 unspecified atom stereocenters. The van der Waals surface area contributed by atoms with E-state index < -0.39 is 17.7 Å². The Hall–Kier alpha value is -2.05. The maximum Gasteiger partial charge on any atom is 0.408 e. The van der Waals surface area contributed by atoms with Gasteiger partial charge in [-0.1, -0.05) is 19.3 Å². The quantitative estimate of drug-likeness (QED) is 0.768. The topological polar surface area (TPSA) is 96.1 Å². The first-order valence-electron chi connectivity index (χ1n) is 8.61. The fraction of sp³-hybridized carbons (Fsp3) is 0.706. The predicted octanol–water partition coefficient (Wildman–Crippen LogP) is 2.29. The smallest absolute Gasteiger partial charge is 0.408 e. The molecule has 0 spiro atoms. The Morgan fingerprint density at radius 3 is 2.62 bits per heavy atom. The summed E-state index contributed by atoms with van der Waals surface area (Å²) in [5.41, 5.74) is 0.178. The Bertz CT molecular complexity index is 531. The molecule has 1 aliphatic rings. The van der Waals surface area contributed by atoms with Crippen molar-refractivity contribution in [1.82, 2.24) is 20.8 Å². The van der Waals surface area contributed by atoms with E-state index in [1.807, 2.05) is 0 Å². The van der Waals surface area contributed by atoms with Crippen LogP contribution >= 0.6 is 0 Å². The molecule has 2 rings (SSSR count). The molecular weight excluding hydrogens is 308 g/mol. The molecule has 7 heteroatoms. The first-order valence-corrected chi connectivity index (χ1v) is 8.61. The van der Waals surface area contributed by atoms with Crippen molar-refractivity contribution >= 4 is 12.0 Å². The van der Waals surface area contributed by atoms with Crippen LogP contribution in [0.2, 0.25) is 0 Å². The lowest BCUT2D eigenvalue weighted by molar-refractivity contribution is -0.124. The van der Waals surface area contributed by atoms with Crippen LogP contribution in [0.1, 0.15) is 58.6 Å². The molecular formula is C17H28N4O3. The van der Waals surface area contributed by atoms with Gasteiger partial charge in [0, 0.05) is 24.4 Å². The van der Waals surface area contributed by atoms with Crippen molar-refractivity contribution in [1.29, 1.82) is 0 Å². The molecule has 0 aromatic carbocycles. The molecule has 1 heterocycles. The number of aromatic nitrogens is 2. The number of carbonyl (C=O) groups excluding carboxylic acids is 2. The average Bonchev–Trinajstić information content (AvgIpc) is 2.98. The molecule has 2 amide bonds. The third kappa shape index (κ3) is 6.22. The highest BCUT2D eigenvalue weighted by atomic mass is 16.6. The van der Waals surface area contributed by atoms with Crippen LogP contribution in [0, 0.1) is 0 Å². The second kappa shape index (κ2) is 8.17. The third-order valence-corrected chi connectivity index (χ3v) is 3.94. The largest absolute Gasteiger partial charge is 0.444 e. The lowest BCUT2D eigenvalue weighted by Crippen LogP contribution is -2.52. The van der Waals surface area contributed by atoms with E-state index in [1.54, 1.807) is 33.0 Å². The Labute approximate surface area is 142 Å². The SMILES string of the molecule is CC(C)(C)OC(=O)NC(Cc1ccn[nH]1)C(=O)NC1CCCCC1. The number of hydrogen-bond donors (Lipinski definition) is 3. The lowest BCUT2D eigenvalue weighted by atomic mass is 9.95. The van der Waals surface area contributed by atoms with E-state index in [9.17, 15) is 9.59 Å². The highest BCUT2D eigenvalue weighted by Crippen LogP contribution is 2.17. The number of carbonyl (C=O) groups is 2. The number of amides is 2. The number of alkyl carbamates (subject to hydrolysis) is 1. The van der Waals surface area contributed by atoms with Gasteiger partial charge in [-0.15, -0.1) is 0 Å². The summed E-state index contributed by atoms with van der Waals surface area (Å²) in [7, 11) is 0. The summed E-state index contributed by atoms with van der Waals surface area (Å²) < 4.78 is 5.27. The van der Waals surface area contributed by atoms with Crippen LogP contribution in [0.25, 0.3) is 0 Å². The molecule has 0 bridgehead atoms. The van der Waals surface area contributed by atoms with Crippen molar-refractivity contribution < 1.29 is 14.3 Å². The van der Waals surface area contributed by atoms with E-state index in [4.69, 9.17) is 4.74 Å². The van der Waals surface area contributed by atoms with E-state index in [0.717, 1.165) is 31.4 Å². The lowest BCUT2D eigenvalue weighted by Gasteiger charge is -2.27. The minimum absolute atomic E-state index is 0.178. The van der Waals surface area contributed by atoms with E-state index >= 15 is 0 Å². The number of H-pyrrole nitrogens is 1. The second-order valence-electron chi connectivity index (χ2n) is 7.33. The minimum Gasteiger partial charge on any atom is -0.444 e. The highest BCUT2D eigenvalue weighted by molar-refractivity contribution is 5.86. The van der Waals surface area contributed by atoms with Crippen LogP contribution in [-0.4, -0.2) is 39.9 Å². The second-order valence-corrected chi connectivity index (χ2v) is 7.33. The van der Waals surface area contributed by atoms with Crippen molar-refractivity contribution in [2.24, 2.45) is 0 Å². The molecule has 1 atom stereocenters. The number of rotatable bonds is 5. The van der Waals surface area contributed by atoms with Gasteiger partial charge in [-0.3, -0.25) is 9.89 Å². The van der Waals surface area contributed by atoms with E-state index in [-0.39, 0.29) is 11.9 Å². The van der Waals surface area contributed by atoms with Crippen LogP contribution in [0.4, 0.5) is 4.79 Å².